The van der Waals surface area contributed by atoms with Gasteiger partial charge in [0, 0.05) is 28.7 Å². The summed E-state index contributed by atoms with van der Waals surface area (Å²) in [4.78, 5) is 12.1. The summed E-state index contributed by atoms with van der Waals surface area (Å²) < 4.78 is 6.55. The second kappa shape index (κ2) is 7.27. The summed E-state index contributed by atoms with van der Waals surface area (Å²) in [6, 6.07) is 5.78. The number of carbonyl (C=O) groups excluding carboxylic acids is 1. The smallest absolute Gasteiger partial charge is 0.224 e. The minimum absolute atomic E-state index is 0.0194. The predicted molar refractivity (Wildman–Crippen MR) is 88.5 cm³/mol. The highest BCUT2D eigenvalue weighted by molar-refractivity contribution is 9.10. The maximum Gasteiger partial charge on any atom is 0.224 e. The molecule has 2 rings (SSSR count). The Balaban J connectivity index is 1.98. The van der Waals surface area contributed by atoms with Crippen LogP contribution in [0, 0.1) is 5.92 Å². The van der Waals surface area contributed by atoms with E-state index >= 15 is 0 Å². The monoisotopic (exact) mass is 354 g/mol. The number of anilines is 1. The van der Waals surface area contributed by atoms with Crippen molar-refractivity contribution < 1.29 is 9.53 Å². The van der Waals surface area contributed by atoms with Crippen LogP contribution in [0.15, 0.2) is 22.7 Å². The van der Waals surface area contributed by atoms with E-state index < -0.39 is 0 Å². The molecule has 1 saturated carbocycles. The number of hydrogen-bond acceptors (Lipinski definition) is 3. The molecule has 0 aromatic heterocycles. The average Bonchev–Trinajstić information content (AvgIpc) is 2.72. The van der Waals surface area contributed by atoms with E-state index in [0.29, 0.717) is 12.3 Å². The van der Waals surface area contributed by atoms with Gasteiger partial charge in [-0.3, -0.25) is 4.79 Å². The lowest BCUT2D eigenvalue weighted by molar-refractivity contribution is -0.117. The molecule has 0 aliphatic heterocycles. The molecule has 1 aliphatic carbocycles. The topological polar surface area (TPSA) is 64.3 Å². The van der Waals surface area contributed by atoms with Gasteiger partial charge in [0.1, 0.15) is 5.75 Å². The van der Waals surface area contributed by atoms with E-state index in [1.165, 1.54) is 0 Å². The standard InChI is InChI=1S/C16H23BrN2O2/c1-10(2)21-14-8-12(17)7-13(9-14)19-16(20)6-11-4-3-5-15(11)18/h7-11,15H,3-6,18H2,1-2H3,(H,19,20)/t11-,15+/m0/s1. The third-order valence-corrected chi connectivity index (χ3v) is 4.15. The number of benzene rings is 1. The van der Waals surface area contributed by atoms with Gasteiger partial charge >= 0.3 is 0 Å². The Morgan fingerprint density at radius 3 is 2.81 bits per heavy atom. The van der Waals surface area contributed by atoms with E-state index in [9.17, 15) is 4.79 Å². The number of carbonyl (C=O) groups is 1. The fourth-order valence-corrected chi connectivity index (χ4v) is 3.22. The Morgan fingerprint density at radius 1 is 1.43 bits per heavy atom. The van der Waals surface area contributed by atoms with Crippen LogP contribution in [0.2, 0.25) is 0 Å². The van der Waals surface area contributed by atoms with E-state index in [1.54, 1.807) is 0 Å². The van der Waals surface area contributed by atoms with Gasteiger partial charge in [0.2, 0.25) is 5.91 Å². The summed E-state index contributed by atoms with van der Waals surface area (Å²) in [5, 5.41) is 2.94. The zero-order chi connectivity index (χ0) is 15.4. The van der Waals surface area contributed by atoms with E-state index in [0.717, 1.165) is 35.2 Å². The Labute approximate surface area is 134 Å². The molecule has 5 heteroatoms. The first-order valence-corrected chi connectivity index (χ1v) is 8.26. The van der Waals surface area contributed by atoms with Crippen LogP contribution in [0.1, 0.15) is 39.5 Å². The molecule has 0 spiro atoms. The highest BCUT2D eigenvalue weighted by Crippen LogP contribution is 2.29. The fraction of sp³-hybridized carbons (Fsp3) is 0.562. The van der Waals surface area contributed by atoms with Crippen molar-refractivity contribution in [2.24, 2.45) is 11.7 Å². The molecule has 1 aromatic rings. The number of ether oxygens (including phenoxy) is 1. The quantitative estimate of drug-likeness (QED) is 0.847. The molecule has 0 radical (unpaired) electrons. The van der Waals surface area contributed by atoms with Crippen molar-refractivity contribution in [3.63, 3.8) is 0 Å². The van der Waals surface area contributed by atoms with Gasteiger partial charge in [0.15, 0.2) is 0 Å². The Kier molecular flexibility index (Phi) is 5.65. The number of nitrogens with two attached hydrogens (primary N) is 1. The third-order valence-electron chi connectivity index (χ3n) is 3.69. The second-order valence-electron chi connectivity index (χ2n) is 5.95. The van der Waals surface area contributed by atoms with Crippen LogP contribution in [0.5, 0.6) is 5.75 Å². The van der Waals surface area contributed by atoms with Gasteiger partial charge < -0.3 is 15.8 Å². The second-order valence-corrected chi connectivity index (χ2v) is 6.87. The lowest BCUT2D eigenvalue weighted by Crippen LogP contribution is -2.28. The van der Waals surface area contributed by atoms with Gasteiger partial charge in [-0.25, -0.2) is 0 Å². The Bertz CT molecular complexity index is 505. The minimum Gasteiger partial charge on any atom is -0.491 e. The van der Waals surface area contributed by atoms with E-state index in [-0.39, 0.29) is 18.1 Å². The summed E-state index contributed by atoms with van der Waals surface area (Å²) >= 11 is 3.44. The maximum absolute atomic E-state index is 12.1. The predicted octanol–water partition coefficient (Wildman–Crippen LogP) is 3.69. The van der Waals surface area contributed by atoms with Crippen LogP contribution in [-0.2, 0) is 4.79 Å². The Hall–Kier alpha value is -1.07. The number of hydrogen-bond donors (Lipinski definition) is 2. The van der Waals surface area contributed by atoms with E-state index in [2.05, 4.69) is 21.2 Å². The van der Waals surface area contributed by atoms with Crippen molar-refractivity contribution in [2.75, 3.05) is 5.32 Å². The first kappa shape index (κ1) is 16.3. The number of nitrogens with one attached hydrogen (secondary N) is 1. The molecule has 1 fully saturated rings. The summed E-state index contributed by atoms with van der Waals surface area (Å²) in [5.41, 5.74) is 6.76. The lowest BCUT2D eigenvalue weighted by atomic mass is 10.00. The molecule has 21 heavy (non-hydrogen) atoms. The molecular weight excluding hydrogens is 332 g/mol. The van der Waals surface area contributed by atoms with Crippen LogP contribution in [-0.4, -0.2) is 18.1 Å². The zero-order valence-corrected chi connectivity index (χ0v) is 14.2. The summed E-state index contributed by atoms with van der Waals surface area (Å²) in [6.45, 7) is 3.95. The van der Waals surface area contributed by atoms with Crippen molar-refractivity contribution in [1.29, 1.82) is 0 Å². The SMILES string of the molecule is CC(C)Oc1cc(Br)cc(NC(=O)C[C@@H]2CCC[C@H]2N)c1. The Morgan fingerprint density at radius 2 is 2.19 bits per heavy atom. The van der Waals surface area contributed by atoms with Crippen molar-refractivity contribution in [1.82, 2.24) is 0 Å². The van der Waals surface area contributed by atoms with Crippen molar-refractivity contribution >= 4 is 27.5 Å². The fourth-order valence-electron chi connectivity index (χ4n) is 2.74. The van der Waals surface area contributed by atoms with Gasteiger partial charge in [-0.15, -0.1) is 0 Å². The first-order valence-electron chi connectivity index (χ1n) is 7.46. The highest BCUT2D eigenvalue weighted by atomic mass is 79.9. The van der Waals surface area contributed by atoms with E-state index in [4.69, 9.17) is 10.5 Å². The summed E-state index contributed by atoms with van der Waals surface area (Å²) in [6.07, 6.45) is 3.80. The molecule has 1 aliphatic rings. The first-order chi connectivity index (χ1) is 9.94. The molecule has 4 nitrogen and oxygen atoms in total. The van der Waals surface area contributed by atoms with Crippen LogP contribution in [0.4, 0.5) is 5.69 Å². The van der Waals surface area contributed by atoms with Crippen LogP contribution >= 0.6 is 15.9 Å². The molecule has 0 bridgehead atoms. The molecule has 116 valence electrons. The average molecular weight is 355 g/mol. The molecule has 0 unspecified atom stereocenters. The van der Waals surface area contributed by atoms with Gasteiger partial charge in [-0.1, -0.05) is 22.4 Å². The molecule has 0 heterocycles. The maximum atomic E-state index is 12.1. The van der Waals surface area contributed by atoms with Gasteiger partial charge in [-0.2, -0.15) is 0 Å². The van der Waals surface area contributed by atoms with Crippen LogP contribution in [0.3, 0.4) is 0 Å². The van der Waals surface area contributed by atoms with Crippen molar-refractivity contribution in [2.45, 2.75) is 51.7 Å². The van der Waals surface area contributed by atoms with Gasteiger partial charge in [-0.05, 0) is 44.7 Å². The molecule has 2 atom stereocenters. The highest BCUT2D eigenvalue weighted by Gasteiger charge is 2.26. The van der Waals surface area contributed by atoms with Crippen LogP contribution in [0.25, 0.3) is 0 Å². The van der Waals surface area contributed by atoms with E-state index in [1.807, 2.05) is 32.0 Å². The molecule has 1 aromatic carbocycles. The number of halogens is 1. The number of rotatable bonds is 5. The van der Waals surface area contributed by atoms with Crippen molar-refractivity contribution in [3.8, 4) is 5.75 Å². The van der Waals surface area contributed by atoms with Gasteiger partial charge in [0.25, 0.3) is 0 Å². The van der Waals surface area contributed by atoms with Crippen LogP contribution < -0.4 is 15.8 Å². The molecule has 3 N–H and O–H groups in total. The van der Waals surface area contributed by atoms with Gasteiger partial charge in [0.05, 0.1) is 6.10 Å². The third kappa shape index (κ3) is 5.00. The lowest BCUT2D eigenvalue weighted by Gasteiger charge is -2.16. The molecular formula is C16H23BrN2O2. The molecule has 1 amide bonds. The number of amides is 1. The summed E-state index contributed by atoms with van der Waals surface area (Å²) in [5.74, 6) is 1.07. The summed E-state index contributed by atoms with van der Waals surface area (Å²) in [7, 11) is 0. The largest absolute Gasteiger partial charge is 0.491 e. The van der Waals surface area contributed by atoms with Crippen molar-refractivity contribution in [3.05, 3.63) is 22.7 Å². The minimum atomic E-state index is 0.0194. The molecule has 0 saturated heterocycles. The zero-order valence-electron chi connectivity index (χ0n) is 12.6. The normalized spacial score (nSPS) is 21.6.